The molecule has 2 aromatic carbocycles. The summed E-state index contributed by atoms with van der Waals surface area (Å²) in [6.45, 7) is 2.97. The fraction of sp³-hybridized carbons (Fsp3) is 0.462. The second-order valence-electron chi connectivity index (χ2n) is 9.66. The number of ether oxygens (including phenoxy) is 1. The number of carbonyl (C=O) groups excluding carboxylic acids is 2. The third kappa shape index (κ3) is 6.44. The lowest BCUT2D eigenvalue weighted by Gasteiger charge is -2.41. The molecule has 11 heteroatoms. The maximum Gasteiger partial charge on any atom is 0.416 e. The van der Waals surface area contributed by atoms with Crippen LogP contribution in [-0.2, 0) is 32.0 Å². The Hall–Kier alpha value is -3.08. The lowest BCUT2D eigenvalue weighted by atomic mass is 9.83. The van der Waals surface area contributed by atoms with E-state index in [1.165, 1.54) is 19.1 Å². The van der Waals surface area contributed by atoms with Crippen molar-refractivity contribution in [2.45, 2.75) is 38.4 Å². The third-order valence-electron chi connectivity index (χ3n) is 6.93. The summed E-state index contributed by atoms with van der Waals surface area (Å²) in [5, 5.41) is 0. The Bertz CT molecular complexity index is 1280. The zero-order valence-corrected chi connectivity index (χ0v) is 21.4. The highest BCUT2D eigenvalue weighted by Crippen LogP contribution is 2.42. The minimum Gasteiger partial charge on any atom is -0.457 e. The third-order valence-corrected chi connectivity index (χ3v) is 7.88. The van der Waals surface area contributed by atoms with E-state index in [1.54, 1.807) is 21.9 Å². The summed E-state index contributed by atoms with van der Waals surface area (Å²) in [5.41, 5.74) is 1.09. The standard InChI is InChI=1S/C26H29F3N2O5S/c1-17(32)30-12-9-19(16-30)25-23-15-22(36-21-7-4-20(5-8-21)26(27,28)29)6-3-18(23)10-13-31(25)24(33)11-14-37(2,34)35/h3-8,15,19,25H,9-14,16H2,1-2H3. The van der Waals surface area contributed by atoms with Crippen molar-refractivity contribution in [1.29, 1.82) is 0 Å². The van der Waals surface area contributed by atoms with Gasteiger partial charge in [-0.2, -0.15) is 13.2 Å². The molecule has 2 aliphatic rings. The molecule has 2 aliphatic heterocycles. The number of likely N-dealkylation sites (tertiary alicyclic amines) is 1. The molecule has 2 unspecified atom stereocenters. The van der Waals surface area contributed by atoms with E-state index in [0.717, 1.165) is 29.5 Å². The molecule has 0 N–H and O–H groups in total. The van der Waals surface area contributed by atoms with Gasteiger partial charge in [0.2, 0.25) is 11.8 Å². The zero-order valence-electron chi connectivity index (χ0n) is 20.6. The van der Waals surface area contributed by atoms with E-state index in [-0.39, 0.29) is 41.7 Å². The van der Waals surface area contributed by atoms with Crippen LogP contribution >= 0.6 is 0 Å². The molecule has 2 atom stereocenters. The number of sulfone groups is 1. The zero-order chi connectivity index (χ0) is 27.0. The van der Waals surface area contributed by atoms with Gasteiger partial charge in [0.25, 0.3) is 0 Å². The molecule has 2 heterocycles. The smallest absolute Gasteiger partial charge is 0.416 e. The van der Waals surface area contributed by atoms with Crippen LogP contribution in [0.4, 0.5) is 13.2 Å². The molecule has 0 spiro atoms. The van der Waals surface area contributed by atoms with Gasteiger partial charge >= 0.3 is 6.18 Å². The lowest BCUT2D eigenvalue weighted by molar-refractivity contribution is -0.137. The molecular formula is C26H29F3N2O5S. The van der Waals surface area contributed by atoms with E-state index in [9.17, 15) is 31.2 Å². The number of alkyl halides is 3. The number of hydrogen-bond acceptors (Lipinski definition) is 5. The van der Waals surface area contributed by atoms with Gasteiger partial charge in [0, 0.05) is 45.2 Å². The van der Waals surface area contributed by atoms with Crippen LogP contribution in [0.5, 0.6) is 11.5 Å². The van der Waals surface area contributed by atoms with Crippen LogP contribution in [0.15, 0.2) is 42.5 Å². The van der Waals surface area contributed by atoms with Crippen LogP contribution < -0.4 is 4.74 Å². The molecule has 7 nitrogen and oxygen atoms in total. The first-order valence-electron chi connectivity index (χ1n) is 12.0. The van der Waals surface area contributed by atoms with Gasteiger partial charge in [-0.3, -0.25) is 9.59 Å². The number of amides is 2. The van der Waals surface area contributed by atoms with E-state index < -0.39 is 21.6 Å². The van der Waals surface area contributed by atoms with Crippen LogP contribution in [0.1, 0.15) is 42.5 Å². The van der Waals surface area contributed by atoms with E-state index >= 15 is 0 Å². The van der Waals surface area contributed by atoms with Crippen molar-refractivity contribution in [1.82, 2.24) is 9.80 Å². The molecule has 200 valence electrons. The fourth-order valence-corrected chi connectivity index (χ4v) is 5.62. The Morgan fingerprint density at radius 2 is 1.73 bits per heavy atom. The predicted octanol–water partition coefficient (Wildman–Crippen LogP) is 4.23. The maximum atomic E-state index is 13.2. The van der Waals surface area contributed by atoms with Gasteiger partial charge < -0.3 is 14.5 Å². The maximum absolute atomic E-state index is 13.2. The second kappa shape index (κ2) is 10.4. The van der Waals surface area contributed by atoms with Crippen LogP contribution in [0.25, 0.3) is 0 Å². The quantitative estimate of drug-likeness (QED) is 0.550. The van der Waals surface area contributed by atoms with Crippen molar-refractivity contribution >= 4 is 21.7 Å². The predicted molar refractivity (Wildman–Crippen MR) is 131 cm³/mol. The monoisotopic (exact) mass is 538 g/mol. The van der Waals surface area contributed by atoms with Crippen molar-refractivity contribution in [3.05, 3.63) is 59.2 Å². The first kappa shape index (κ1) is 27.0. The highest BCUT2D eigenvalue weighted by molar-refractivity contribution is 7.90. The molecule has 1 fully saturated rings. The van der Waals surface area contributed by atoms with Crippen LogP contribution in [0, 0.1) is 5.92 Å². The van der Waals surface area contributed by atoms with E-state index in [4.69, 9.17) is 4.74 Å². The summed E-state index contributed by atoms with van der Waals surface area (Å²) in [4.78, 5) is 28.6. The van der Waals surface area contributed by atoms with Gasteiger partial charge in [-0.25, -0.2) is 8.42 Å². The highest BCUT2D eigenvalue weighted by Gasteiger charge is 2.40. The Morgan fingerprint density at radius 3 is 2.32 bits per heavy atom. The molecule has 0 saturated carbocycles. The summed E-state index contributed by atoms with van der Waals surface area (Å²) >= 11 is 0. The molecule has 0 bridgehead atoms. The number of carbonyl (C=O) groups is 2. The fourth-order valence-electron chi connectivity index (χ4n) is 5.07. The van der Waals surface area contributed by atoms with Crippen molar-refractivity contribution in [2.75, 3.05) is 31.6 Å². The molecule has 0 aromatic heterocycles. The molecular weight excluding hydrogens is 509 g/mol. The number of halogens is 3. The van der Waals surface area contributed by atoms with E-state index in [0.29, 0.717) is 38.2 Å². The largest absolute Gasteiger partial charge is 0.457 e. The minimum absolute atomic E-state index is 0.0483. The summed E-state index contributed by atoms with van der Waals surface area (Å²) in [6.07, 6.45) is -2.23. The Morgan fingerprint density at radius 1 is 1.05 bits per heavy atom. The Balaban J connectivity index is 1.63. The summed E-state index contributed by atoms with van der Waals surface area (Å²) in [5.74, 6) is 0.0413. The summed E-state index contributed by atoms with van der Waals surface area (Å²) < 4.78 is 67.9. The van der Waals surface area contributed by atoms with Gasteiger partial charge in [0.15, 0.2) is 0 Å². The average Bonchev–Trinajstić information content (AvgIpc) is 3.31. The Labute approximate surface area is 214 Å². The van der Waals surface area contributed by atoms with Crippen LogP contribution in [0.3, 0.4) is 0 Å². The summed E-state index contributed by atoms with van der Waals surface area (Å²) in [6, 6.07) is 9.45. The number of fused-ring (bicyclic) bond motifs is 1. The molecule has 2 aromatic rings. The first-order chi connectivity index (χ1) is 17.3. The lowest BCUT2D eigenvalue weighted by Crippen LogP contribution is -2.44. The van der Waals surface area contributed by atoms with Gasteiger partial charge in [-0.05, 0) is 60.4 Å². The first-order valence-corrected chi connectivity index (χ1v) is 14.1. The number of benzene rings is 2. The van der Waals surface area contributed by atoms with Gasteiger partial charge in [-0.15, -0.1) is 0 Å². The topological polar surface area (TPSA) is 84.0 Å². The molecule has 0 radical (unpaired) electrons. The minimum atomic E-state index is -4.44. The SMILES string of the molecule is CC(=O)N1CCC(C2c3cc(Oc4ccc(C(F)(F)F)cc4)ccc3CCN2C(=O)CCS(C)(=O)=O)C1. The molecule has 2 amide bonds. The molecule has 1 saturated heterocycles. The second-order valence-corrected chi connectivity index (χ2v) is 11.9. The van der Waals surface area contributed by atoms with E-state index in [1.807, 2.05) is 6.07 Å². The normalized spacial score (nSPS) is 20.0. The van der Waals surface area contributed by atoms with Crippen molar-refractivity contribution in [3.63, 3.8) is 0 Å². The number of hydrogen-bond donors (Lipinski definition) is 0. The van der Waals surface area contributed by atoms with Crippen LogP contribution in [0.2, 0.25) is 0 Å². The van der Waals surface area contributed by atoms with Crippen molar-refractivity contribution in [3.8, 4) is 11.5 Å². The average molecular weight is 539 g/mol. The molecule has 0 aliphatic carbocycles. The highest BCUT2D eigenvalue weighted by atomic mass is 32.2. The number of nitrogens with zero attached hydrogens (tertiary/aromatic N) is 2. The van der Waals surface area contributed by atoms with Crippen molar-refractivity contribution in [2.24, 2.45) is 5.92 Å². The molecule has 4 rings (SSSR count). The van der Waals surface area contributed by atoms with Gasteiger partial charge in [0.05, 0.1) is 17.4 Å². The molecule has 37 heavy (non-hydrogen) atoms. The van der Waals surface area contributed by atoms with Gasteiger partial charge in [0.1, 0.15) is 21.3 Å². The Kier molecular flexibility index (Phi) is 7.55. The van der Waals surface area contributed by atoms with Gasteiger partial charge in [-0.1, -0.05) is 6.07 Å². The number of rotatable bonds is 6. The summed E-state index contributed by atoms with van der Waals surface area (Å²) in [7, 11) is -3.32. The van der Waals surface area contributed by atoms with Crippen LogP contribution in [-0.4, -0.2) is 61.7 Å². The van der Waals surface area contributed by atoms with E-state index in [2.05, 4.69) is 0 Å². The van der Waals surface area contributed by atoms with Crippen molar-refractivity contribution < 1.29 is 35.9 Å².